The van der Waals surface area contributed by atoms with Crippen LogP contribution in [0.15, 0.2) is 48.5 Å². The molecule has 2 aromatic rings. The van der Waals surface area contributed by atoms with Gasteiger partial charge >= 0.3 is 6.03 Å². The fraction of sp³-hybridized carbons (Fsp3) is 0.250. The van der Waals surface area contributed by atoms with E-state index in [-0.39, 0.29) is 11.7 Å². The van der Waals surface area contributed by atoms with Gasteiger partial charge < -0.3 is 15.5 Å². The number of nitrogens with one attached hydrogen (secondary N) is 2. The lowest BCUT2D eigenvalue weighted by atomic mass is 10.1. The second-order valence-corrected chi connectivity index (χ2v) is 6.42. The first-order valence-electron chi connectivity index (χ1n) is 8.69. The number of amides is 3. The van der Waals surface area contributed by atoms with E-state index in [4.69, 9.17) is 0 Å². The number of hydrogen-bond donors (Lipinski definition) is 2. The van der Waals surface area contributed by atoms with Crippen molar-refractivity contribution in [2.75, 3.05) is 17.2 Å². The highest BCUT2D eigenvalue weighted by atomic mass is 19.1. The SMILES string of the molecule is CC(=O)c1cccc(NC(=O)N2CCC[C@H]2C(=O)Nc2cccc(F)c2)c1. The molecule has 1 atom stereocenters. The molecule has 0 aliphatic carbocycles. The molecule has 0 spiro atoms. The monoisotopic (exact) mass is 369 g/mol. The molecule has 2 aromatic carbocycles. The molecule has 0 saturated carbocycles. The highest BCUT2D eigenvalue weighted by Gasteiger charge is 2.34. The molecule has 7 heteroatoms. The van der Waals surface area contributed by atoms with Crippen LogP contribution in [0.5, 0.6) is 0 Å². The molecule has 1 saturated heterocycles. The second kappa shape index (κ2) is 7.99. The summed E-state index contributed by atoms with van der Waals surface area (Å²) in [4.78, 5) is 38.1. The van der Waals surface area contributed by atoms with Gasteiger partial charge in [-0.3, -0.25) is 9.59 Å². The predicted octanol–water partition coefficient (Wildman–Crippen LogP) is 3.66. The molecule has 3 rings (SSSR count). The zero-order valence-electron chi connectivity index (χ0n) is 14.9. The van der Waals surface area contributed by atoms with Crippen LogP contribution in [-0.4, -0.2) is 35.2 Å². The van der Waals surface area contributed by atoms with Crippen molar-refractivity contribution in [3.05, 3.63) is 59.9 Å². The summed E-state index contributed by atoms with van der Waals surface area (Å²) in [6.07, 6.45) is 1.23. The Morgan fingerprint density at radius 3 is 2.44 bits per heavy atom. The first-order valence-corrected chi connectivity index (χ1v) is 8.69. The van der Waals surface area contributed by atoms with Crippen LogP contribution in [0.3, 0.4) is 0 Å². The van der Waals surface area contributed by atoms with Crippen molar-refractivity contribution in [2.24, 2.45) is 0 Å². The summed E-state index contributed by atoms with van der Waals surface area (Å²) in [5.74, 6) is -0.899. The Morgan fingerprint density at radius 1 is 1.04 bits per heavy atom. The standard InChI is InChI=1S/C20H20FN3O3/c1-13(25)14-5-2-7-16(11-14)23-20(27)24-10-4-9-18(24)19(26)22-17-8-3-6-15(21)12-17/h2-3,5-8,11-12,18H,4,9-10H2,1H3,(H,22,26)(H,23,27)/t18-/m0/s1. The fourth-order valence-electron chi connectivity index (χ4n) is 3.09. The number of nitrogens with zero attached hydrogens (tertiary/aromatic N) is 1. The van der Waals surface area contributed by atoms with E-state index in [1.165, 1.54) is 30.0 Å². The molecule has 6 nitrogen and oxygen atoms in total. The Labute approximate surface area is 156 Å². The van der Waals surface area contributed by atoms with Gasteiger partial charge in [-0.2, -0.15) is 0 Å². The molecule has 0 radical (unpaired) electrons. The number of likely N-dealkylation sites (tertiary alicyclic amines) is 1. The molecule has 0 bridgehead atoms. The van der Waals surface area contributed by atoms with Crippen LogP contribution < -0.4 is 10.6 Å². The van der Waals surface area contributed by atoms with Gasteiger partial charge in [0.1, 0.15) is 11.9 Å². The summed E-state index contributed by atoms with van der Waals surface area (Å²) in [7, 11) is 0. The summed E-state index contributed by atoms with van der Waals surface area (Å²) < 4.78 is 13.3. The number of anilines is 2. The van der Waals surface area contributed by atoms with Crippen LogP contribution in [0.4, 0.5) is 20.6 Å². The molecule has 1 heterocycles. The number of benzene rings is 2. The zero-order chi connectivity index (χ0) is 19.4. The Bertz CT molecular complexity index is 884. The smallest absolute Gasteiger partial charge is 0.322 e. The molecular weight excluding hydrogens is 349 g/mol. The number of Topliss-reactive ketones (excluding diaryl/α,β-unsaturated/α-hetero) is 1. The fourth-order valence-corrected chi connectivity index (χ4v) is 3.09. The van der Waals surface area contributed by atoms with E-state index in [1.807, 2.05) is 0 Å². The van der Waals surface area contributed by atoms with E-state index >= 15 is 0 Å². The van der Waals surface area contributed by atoms with Crippen LogP contribution in [-0.2, 0) is 4.79 Å². The average Bonchev–Trinajstić information content (AvgIpc) is 3.12. The normalized spacial score (nSPS) is 16.1. The number of urea groups is 1. The van der Waals surface area contributed by atoms with Gasteiger partial charge in [0.15, 0.2) is 5.78 Å². The van der Waals surface area contributed by atoms with Crippen molar-refractivity contribution >= 4 is 29.1 Å². The second-order valence-electron chi connectivity index (χ2n) is 6.42. The van der Waals surface area contributed by atoms with Crippen molar-refractivity contribution in [3.8, 4) is 0 Å². The van der Waals surface area contributed by atoms with Gasteiger partial charge in [-0.05, 0) is 50.1 Å². The number of ketones is 1. The highest BCUT2D eigenvalue weighted by Crippen LogP contribution is 2.21. The maximum Gasteiger partial charge on any atom is 0.322 e. The predicted molar refractivity (Wildman–Crippen MR) is 100 cm³/mol. The molecule has 0 aromatic heterocycles. The largest absolute Gasteiger partial charge is 0.324 e. The van der Waals surface area contributed by atoms with Crippen LogP contribution in [0.1, 0.15) is 30.1 Å². The molecule has 1 fully saturated rings. The number of halogens is 1. The minimum Gasteiger partial charge on any atom is -0.324 e. The Kier molecular flexibility index (Phi) is 5.49. The minimum atomic E-state index is -0.635. The quantitative estimate of drug-likeness (QED) is 0.807. The number of carbonyl (C=O) groups excluding carboxylic acids is 3. The van der Waals surface area contributed by atoms with E-state index in [1.54, 1.807) is 30.3 Å². The Hall–Kier alpha value is -3.22. The van der Waals surface area contributed by atoms with E-state index < -0.39 is 17.9 Å². The molecule has 140 valence electrons. The summed E-state index contributed by atoms with van der Waals surface area (Å²) >= 11 is 0. The van der Waals surface area contributed by atoms with Crippen molar-refractivity contribution in [1.29, 1.82) is 0 Å². The maximum absolute atomic E-state index is 13.3. The summed E-state index contributed by atoms with van der Waals surface area (Å²) in [5.41, 5.74) is 1.33. The summed E-state index contributed by atoms with van der Waals surface area (Å²) in [6, 6.07) is 11.2. The molecule has 1 aliphatic heterocycles. The third-order valence-corrected chi connectivity index (χ3v) is 4.43. The van der Waals surface area contributed by atoms with Crippen molar-refractivity contribution < 1.29 is 18.8 Å². The lowest BCUT2D eigenvalue weighted by Crippen LogP contribution is -2.45. The van der Waals surface area contributed by atoms with E-state index in [0.717, 1.165) is 0 Å². The maximum atomic E-state index is 13.3. The van der Waals surface area contributed by atoms with Gasteiger partial charge in [-0.15, -0.1) is 0 Å². The lowest BCUT2D eigenvalue weighted by molar-refractivity contribution is -0.119. The van der Waals surface area contributed by atoms with Crippen LogP contribution in [0, 0.1) is 5.82 Å². The molecule has 0 unspecified atom stereocenters. The van der Waals surface area contributed by atoms with Gasteiger partial charge in [-0.1, -0.05) is 18.2 Å². The molecule has 27 heavy (non-hydrogen) atoms. The summed E-state index contributed by atoms with van der Waals surface area (Å²) in [6.45, 7) is 1.90. The Balaban J connectivity index is 1.68. The van der Waals surface area contributed by atoms with E-state index in [9.17, 15) is 18.8 Å². The van der Waals surface area contributed by atoms with Crippen molar-refractivity contribution in [1.82, 2.24) is 4.90 Å². The third kappa shape index (κ3) is 4.49. The first-order chi connectivity index (χ1) is 12.9. The first kappa shape index (κ1) is 18.6. The minimum absolute atomic E-state index is 0.0976. The Morgan fingerprint density at radius 2 is 1.74 bits per heavy atom. The average molecular weight is 369 g/mol. The van der Waals surface area contributed by atoms with Crippen LogP contribution in [0.25, 0.3) is 0 Å². The van der Waals surface area contributed by atoms with Crippen LogP contribution in [0.2, 0.25) is 0 Å². The number of rotatable bonds is 4. The molecule has 1 aliphatic rings. The third-order valence-electron chi connectivity index (χ3n) is 4.43. The highest BCUT2D eigenvalue weighted by molar-refractivity contribution is 6.00. The van der Waals surface area contributed by atoms with Crippen LogP contribution >= 0.6 is 0 Å². The van der Waals surface area contributed by atoms with Crippen molar-refractivity contribution in [3.63, 3.8) is 0 Å². The topological polar surface area (TPSA) is 78.5 Å². The van der Waals surface area contributed by atoms with Gasteiger partial charge in [0.05, 0.1) is 0 Å². The van der Waals surface area contributed by atoms with Gasteiger partial charge in [-0.25, -0.2) is 9.18 Å². The zero-order valence-corrected chi connectivity index (χ0v) is 14.9. The molecule has 2 N–H and O–H groups in total. The van der Waals surface area contributed by atoms with E-state index in [0.29, 0.717) is 36.3 Å². The lowest BCUT2D eigenvalue weighted by Gasteiger charge is -2.24. The molecule has 3 amide bonds. The number of carbonyl (C=O) groups is 3. The van der Waals surface area contributed by atoms with Gasteiger partial charge in [0.2, 0.25) is 5.91 Å². The van der Waals surface area contributed by atoms with Crippen molar-refractivity contribution in [2.45, 2.75) is 25.8 Å². The molecular formula is C20H20FN3O3. The van der Waals surface area contributed by atoms with Gasteiger partial charge in [0, 0.05) is 23.5 Å². The summed E-state index contributed by atoms with van der Waals surface area (Å²) in [5, 5.41) is 5.38. The van der Waals surface area contributed by atoms with E-state index in [2.05, 4.69) is 10.6 Å². The van der Waals surface area contributed by atoms with Gasteiger partial charge in [0.25, 0.3) is 0 Å². The number of hydrogen-bond acceptors (Lipinski definition) is 3.